The van der Waals surface area contributed by atoms with Crippen LogP contribution < -0.4 is 0 Å². The van der Waals surface area contributed by atoms with Gasteiger partial charge >= 0.3 is 0 Å². The minimum Gasteiger partial charge on any atom is -0.422 e. The van der Waals surface area contributed by atoms with Crippen LogP contribution in [0.1, 0.15) is 10.4 Å². The monoisotopic (exact) mass is 512 g/mol. The second-order valence-corrected chi connectivity index (χ2v) is 8.26. The van der Waals surface area contributed by atoms with E-state index in [9.17, 15) is 4.79 Å². The van der Waals surface area contributed by atoms with Crippen LogP contribution in [0, 0.1) is 0 Å². The van der Waals surface area contributed by atoms with Crippen molar-refractivity contribution in [3.63, 3.8) is 0 Å². The van der Waals surface area contributed by atoms with Crippen molar-refractivity contribution in [1.29, 1.82) is 0 Å². The molecule has 6 aromatic rings. The molecule has 164 valence electrons. The molecule has 0 bridgehead atoms. The summed E-state index contributed by atoms with van der Waals surface area (Å²) in [6.45, 7) is 0. The summed E-state index contributed by atoms with van der Waals surface area (Å²) in [6, 6.07) is 18.3. The molecule has 0 saturated carbocycles. The maximum absolute atomic E-state index is 13.6. The second-order valence-electron chi connectivity index (χ2n) is 7.34. The maximum atomic E-state index is 13.6. The van der Waals surface area contributed by atoms with Gasteiger partial charge in [0.15, 0.2) is 11.5 Å². The number of nitrogens with zero attached hydrogens (tertiary/aromatic N) is 6. The van der Waals surface area contributed by atoms with Crippen LogP contribution in [0.5, 0.6) is 0 Å². The van der Waals surface area contributed by atoms with E-state index in [0.717, 1.165) is 15.6 Å². The number of rotatable bonds is 4. The van der Waals surface area contributed by atoms with Gasteiger partial charge in [-0.1, -0.05) is 27.2 Å². The lowest BCUT2D eigenvalue weighted by Gasteiger charge is -2.07. The number of aromatic nitrogens is 6. The van der Waals surface area contributed by atoms with E-state index in [1.165, 1.54) is 11.0 Å². The topological polar surface area (TPSA) is 113 Å². The first-order valence-corrected chi connectivity index (χ1v) is 10.9. The van der Waals surface area contributed by atoms with E-state index in [0.29, 0.717) is 33.9 Å². The van der Waals surface area contributed by atoms with Crippen LogP contribution in [0.15, 0.2) is 92.9 Å². The highest BCUT2D eigenvalue weighted by Gasteiger charge is 2.24. The lowest BCUT2D eigenvalue weighted by atomic mass is 10.1. The molecule has 0 radical (unpaired) electrons. The third-order valence-electron chi connectivity index (χ3n) is 5.27. The number of carbonyl (C=O) groups excluding carboxylic acids is 1. The number of hydrogen-bond acceptors (Lipinski definition) is 8. The van der Waals surface area contributed by atoms with Crippen LogP contribution in [0.25, 0.3) is 45.3 Å². The largest absolute Gasteiger partial charge is 0.422 e. The van der Waals surface area contributed by atoms with Gasteiger partial charge < -0.3 is 8.94 Å². The fraction of sp³-hybridized carbons (Fsp3) is 0. The van der Waals surface area contributed by atoms with Crippen molar-refractivity contribution in [2.75, 3.05) is 0 Å². The number of imidazole rings is 1. The van der Waals surface area contributed by atoms with Gasteiger partial charge in [-0.2, -0.15) is 0 Å². The third-order valence-corrected chi connectivity index (χ3v) is 5.80. The first kappa shape index (κ1) is 20.2. The number of halogens is 1. The standard InChI is InChI=1S/C24H13BrN6O3/c25-17-4-1-15(2-5-17)24(32)31-20-6-3-16(14-7-9-26-10-8-14)11-18(20)28-22(31)21-12-19(30-34-21)23-29-27-13-33-23/h1-13H. The highest BCUT2D eigenvalue weighted by atomic mass is 79.9. The molecule has 0 fully saturated rings. The van der Waals surface area contributed by atoms with Crippen LogP contribution in [0.4, 0.5) is 0 Å². The smallest absolute Gasteiger partial charge is 0.269 e. The fourth-order valence-electron chi connectivity index (χ4n) is 3.66. The molecule has 0 unspecified atom stereocenters. The molecule has 10 heteroatoms. The second kappa shape index (κ2) is 8.16. The highest BCUT2D eigenvalue weighted by Crippen LogP contribution is 2.31. The Hall–Kier alpha value is -4.44. The maximum Gasteiger partial charge on any atom is 0.269 e. The normalized spacial score (nSPS) is 11.2. The molecule has 0 atom stereocenters. The minimum absolute atomic E-state index is 0.205. The summed E-state index contributed by atoms with van der Waals surface area (Å²) in [5.74, 6) is 0.558. The first-order valence-electron chi connectivity index (χ1n) is 10.1. The van der Waals surface area contributed by atoms with E-state index in [1.54, 1.807) is 30.6 Å². The van der Waals surface area contributed by atoms with Crippen LogP contribution >= 0.6 is 15.9 Å². The molecule has 0 aliphatic rings. The summed E-state index contributed by atoms with van der Waals surface area (Å²) in [5, 5.41) is 11.5. The Kier molecular flexibility index (Phi) is 4.84. The van der Waals surface area contributed by atoms with E-state index < -0.39 is 0 Å². The van der Waals surface area contributed by atoms with Crippen molar-refractivity contribution in [3.8, 4) is 34.3 Å². The van der Waals surface area contributed by atoms with Crippen molar-refractivity contribution >= 4 is 32.9 Å². The summed E-state index contributed by atoms with van der Waals surface area (Å²) in [5.41, 5.74) is 4.05. The van der Waals surface area contributed by atoms with Gasteiger partial charge in [-0.3, -0.25) is 14.3 Å². The summed E-state index contributed by atoms with van der Waals surface area (Å²) in [6.07, 6.45) is 4.67. The number of carbonyl (C=O) groups is 1. The predicted octanol–water partition coefficient (Wildman–Crippen LogP) is 5.25. The zero-order valence-electron chi connectivity index (χ0n) is 17.3. The average molecular weight is 513 g/mol. The molecule has 4 heterocycles. The Labute approximate surface area is 200 Å². The summed E-state index contributed by atoms with van der Waals surface area (Å²) < 4.78 is 13.1. The minimum atomic E-state index is -0.252. The van der Waals surface area contributed by atoms with Crippen LogP contribution in [-0.4, -0.2) is 35.8 Å². The lowest BCUT2D eigenvalue weighted by Crippen LogP contribution is -2.13. The molecule has 0 aliphatic heterocycles. The number of pyridine rings is 1. The fourth-order valence-corrected chi connectivity index (χ4v) is 3.93. The van der Waals surface area contributed by atoms with Crippen molar-refractivity contribution in [3.05, 3.63) is 89.5 Å². The Morgan fingerprint density at radius 1 is 0.941 bits per heavy atom. The Morgan fingerprint density at radius 2 is 1.76 bits per heavy atom. The molecule has 0 amide bonds. The Bertz CT molecular complexity index is 1620. The van der Waals surface area contributed by atoms with Gasteiger partial charge in [0.05, 0.1) is 11.0 Å². The molecule has 0 aliphatic carbocycles. The lowest BCUT2D eigenvalue weighted by molar-refractivity contribution is 0.0965. The predicted molar refractivity (Wildman–Crippen MR) is 126 cm³/mol. The Morgan fingerprint density at radius 3 is 2.53 bits per heavy atom. The van der Waals surface area contributed by atoms with Gasteiger partial charge in [-0.25, -0.2) is 4.98 Å². The zero-order valence-corrected chi connectivity index (χ0v) is 18.9. The number of fused-ring (bicyclic) bond motifs is 1. The van der Waals surface area contributed by atoms with Gasteiger partial charge in [-0.15, -0.1) is 10.2 Å². The molecule has 0 saturated heterocycles. The van der Waals surface area contributed by atoms with Crippen LogP contribution in [0.3, 0.4) is 0 Å². The van der Waals surface area contributed by atoms with Gasteiger partial charge in [-0.05, 0) is 59.7 Å². The Balaban J connectivity index is 1.54. The summed E-state index contributed by atoms with van der Waals surface area (Å²) >= 11 is 3.41. The van der Waals surface area contributed by atoms with Gasteiger partial charge in [0, 0.05) is 28.5 Å². The quantitative estimate of drug-likeness (QED) is 0.314. The van der Waals surface area contributed by atoms with Crippen molar-refractivity contribution in [1.82, 2.24) is 29.9 Å². The summed E-state index contributed by atoms with van der Waals surface area (Å²) in [4.78, 5) is 22.4. The first-order chi connectivity index (χ1) is 16.7. The summed E-state index contributed by atoms with van der Waals surface area (Å²) in [7, 11) is 0. The van der Waals surface area contributed by atoms with Crippen molar-refractivity contribution < 1.29 is 13.7 Å². The molecule has 6 rings (SSSR count). The van der Waals surface area contributed by atoms with Crippen molar-refractivity contribution in [2.24, 2.45) is 0 Å². The van der Waals surface area contributed by atoms with Gasteiger partial charge in [0.2, 0.25) is 12.2 Å². The average Bonchev–Trinajstić information content (AvgIpc) is 3.63. The molecular weight excluding hydrogens is 500 g/mol. The molecular formula is C24H13BrN6O3. The van der Waals surface area contributed by atoms with Crippen LogP contribution in [0.2, 0.25) is 0 Å². The molecule has 2 aromatic carbocycles. The van der Waals surface area contributed by atoms with Gasteiger partial charge in [0.1, 0.15) is 0 Å². The molecule has 9 nitrogen and oxygen atoms in total. The van der Waals surface area contributed by atoms with E-state index in [4.69, 9.17) is 13.9 Å². The van der Waals surface area contributed by atoms with Crippen LogP contribution in [-0.2, 0) is 0 Å². The molecule has 34 heavy (non-hydrogen) atoms. The van der Waals surface area contributed by atoms with E-state index in [-0.39, 0.29) is 11.8 Å². The van der Waals surface area contributed by atoms with E-state index in [1.807, 2.05) is 42.5 Å². The highest BCUT2D eigenvalue weighted by molar-refractivity contribution is 9.10. The number of hydrogen-bond donors (Lipinski definition) is 0. The SMILES string of the molecule is O=C(c1ccc(Br)cc1)n1c(-c2cc(-c3nnco3)no2)nc2cc(-c3ccncc3)ccc21. The molecule has 0 N–H and O–H groups in total. The van der Waals surface area contributed by atoms with Gasteiger partial charge in [0.25, 0.3) is 11.8 Å². The zero-order chi connectivity index (χ0) is 23.1. The van der Waals surface area contributed by atoms with E-state index >= 15 is 0 Å². The number of benzene rings is 2. The van der Waals surface area contributed by atoms with Crippen molar-refractivity contribution in [2.45, 2.75) is 0 Å². The molecule has 0 spiro atoms. The third kappa shape index (κ3) is 3.50. The molecule has 4 aromatic heterocycles. The van der Waals surface area contributed by atoms with E-state index in [2.05, 4.69) is 36.3 Å².